The highest BCUT2D eigenvalue weighted by atomic mass is 16.5. The van der Waals surface area contributed by atoms with Crippen LogP contribution in [-0.2, 0) is 0 Å². The molecule has 1 unspecified atom stereocenters. The lowest BCUT2D eigenvalue weighted by molar-refractivity contribution is 0.201. The average molecular weight is 236 g/mol. The fraction of sp³-hybridized carbons (Fsp3) is 0.462. The predicted octanol–water partition coefficient (Wildman–Crippen LogP) is 2.60. The highest BCUT2D eigenvalue weighted by Gasteiger charge is 2.12. The highest BCUT2D eigenvalue weighted by Crippen LogP contribution is 2.23. The van der Waals surface area contributed by atoms with Crippen LogP contribution in [0.3, 0.4) is 0 Å². The Balaban J connectivity index is 2.77. The number of rotatable bonds is 5. The fourth-order valence-corrected chi connectivity index (χ4v) is 1.57. The van der Waals surface area contributed by atoms with Gasteiger partial charge in [0.2, 0.25) is 0 Å². The molecule has 0 saturated carbocycles. The van der Waals surface area contributed by atoms with E-state index in [0.29, 0.717) is 6.42 Å². The van der Waals surface area contributed by atoms with Crippen molar-refractivity contribution in [2.75, 3.05) is 0 Å². The van der Waals surface area contributed by atoms with Crippen LogP contribution in [0.5, 0.6) is 5.75 Å². The molecule has 0 fully saturated rings. The van der Waals surface area contributed by atoms with Crippen molar-refractivity contribution >= 4 is 5.84 Å². The van der Waals surface area contributed by atoms with Gasteiger partial charge in [-0.3, -0.25) is 0 Å². The molecule has 0 saturated heterocycles. The molecule has 4 heteroatoms. The van der Waals surface area contributed by atoms with Gasteiger partial charge in [0.1, 0.15) is 17.7 Å². The minimum absolute atomic E-state index is 0.0635. The number of aryl methyl sites for hydroxylation is 1. The smallest absolute Gasteiger partial charge is 0.142 e. The molecule has 94 valence electrons. The first-order valence-electron chi connectivity index (χ1n) is 5.77. The Kier molecular flexibility index (Phi) is 4.82. The molecule has 4 nitrogen and oxygen atoms in total. The first kappa shape index (κ1) is 13.4. The summed E-state index contributed by atoms with van der Waals surface area (Å²) in [6.45, 7) is 6.09. The second-order valence-corrected chi connectivity index (χ2v) is 4.14. The van der Waals surface area contributed by atoms with Crippen molar-refractivity contribution in [3.05, 3.63) is 29.3 Å². The summed E-state index contributed by atoms with van der Waals surface area (Å²) in [6.07, 6.45) is 1.18. The molecule has 0 aliphatic heterocycles. The summed E-state index contributed by atoms with van der Waals surface area (Å²) in [4.78, 5) is 0. The Morgan fingerprint density at radius 3 is 2.76 bits per heavy atom. The number of nitrogens with zero attached hydrogens (tertiary/aromatic N) is 1. The molecule has 0 radical (unpaired) electrons. The Bertz CT molecular complexity index is 402. The normalized spacial score (nSPS) is 13.5. The van der Waals surface area contributed by atoms with Gasteiger partial charge in [-0.15, -0.1) is 0 Å². The van der Waals surface area contributed by atoms with Crippen molar-refractivity contribution in [2.24, 2.45) is 10.9 Å². The lowest BCUT2D eigenvalue weighted by Gasteiger charge is -2.19. The van der Waals surface area contributed by atoms with Crippen LogP contribution in [0.15, 0.2) is 23.4 Å². The maximum absolute atomic E-state index is 8.55. The quantitative estimate of drug-likeness (QED) is 0.357. The summed E-state index contributed by atoms with van der Waals surface area (Å²) < 4.78 is 5.88. The van der Waals surface area contributed by atoms with E-state index >= 15 is 0 Å². The first-order chi connectivity index (χ1) is 8.08. The van der Waals surface area contributed by atoms with Gasteiger partial charge in [-0.2, -0.15) is 0 Å². The van der Waals surface area contributed by atoms with E-state index in [9.17, 15) is 0 Å². The summed E-state index contributed by atoms with van der Waals surface area (Å²) in [7, 11) is 0. The molecule has 1 rings (SSSR count). The third-order valence-electron chi connectivity index (χ3n) is 2.87. The van der Waals surface area contributed by atoms with Gasteiger partial charge in [0, 0.05) is 6.42 Å². The van der Waals surface area contributed by atoms with Crippen molar-refractivity contribution < 1.29 is 9.94 Å². The van der Waals surface area contributed by atoms with Crippen LogP contribution in [0.2, 0.25) is 0 Å². The van der Waals surface area contributed by atoms with Gasteiger partial charge < -0.3 is 15.7 Å². The minimum Gasteiger partial charge on any atom is -0.490 e. The maximum Gasteiger partial charge on any atom is 0.142 e. The van der Waals surface area contributed by atoms with Crippen molar-refractivity contribution in [3.8, 4) is 5.75 Å². The molecule has 0 aliphatic rings. The second kappa shape index (κ2) is 6.13. The molecule has 0 spiro atoms. The molecular formula is C13H20N2O2. The number of hydrogen-bond donors (Lipinski definition) is 2. The summed E-state index contributed by atoms with van der Waals surface area (Å²) in [5.74, 6) is 1.06. The summed E-state index contributed by atoms with van der Waals surface area (Å²) in [6, 6.07) is 5.96. The lowest BCUT2D eigenvalue weighted by atomic mass is 10.1. The van der Waals surface area contributed by atoms with E-state index in [4.69, 9.17) is 15.7 Å². The van der Waals surface area contributed by atoms with Crippen molar-refractivity contribution in [3.63, 3.8) is 0 Å². The van der Waals surface area contributed by atoms with Crippen LogP contribution >= 0.6 is 0 Å². The first-order valence-corrected chi connectivity index (χ1v) is 5.77. The van der Waals surface area contributed by atoms with Crippen molar-refractivity contribution in [1.82, 2.24) is 0 Å². The van der Waals surface area contributed by atoms with E-state index in [2.05, 4.69) is 5.16 Å². The Hall–Kier alpha value is -1.71. The average Bonchev–Trinajstić information content (AvgIpc) is 2.33. The molecule has 1 aromatic rings. The molecule has 3 N–H and O–H groups in total. The lowest BCUT2D eigenvalue weighted by Crippen LogP contribution is -2.25. The maximum atomic E-state index is 8.55. The molecule has 0 aliphatic carbocycles. The summed E-state index contributed by atoms with van der Waals surface area (Å²) >= 11 is 0. The number of hydrogen-bond acceptors (Lipinski definition) is 3. The number of ether oxygens (including phenoxy) is 1. The molecule has 1 aromatic carbocycles. The van der Waals surface area contributed by atoms with Crippen LogP contribution in [0.25, 0.3) is 0 Å². The topological polar surface area (TPSA) is 67.8 Å². The predicted molar refractivity (Wildman–Crippen MR) is 68.6 cm³/mol. The molecule has 0 heterocycles. The van der Waals surface area contributed by atoms with Gasteiger partial charge in [0.05, 0.1) is 0 Å². The molecule has 0 bridgehead atoms. The molecular weight excluding hydrogens is 216 g/mol. The molecule has 1 atom stereocenters. The number of benzene rings is 1. The Labute approximate surface area is 102 Å². The zero-order valence-corrected chi connectivity index (χ0v) is 10.6. The van der Waals surface area contributed by atoms with Gasteiger partial charge >= 0.3 is 0 Å². The Morgan fingerprint density at radius 2 is 2.18 bits per heavy atom. The SMILES string of the molecule is CCC(C/C(N)=N/O)Oc1cccc(C)c1C. The van der Waals surface area contributed by atoms with Crippen molar-refractivity contribution in [1.29, 1.82) is 0 Å². The highest BCUT2D eigenvalue weighted by molar-refractivity contribution is 5.80. The summed E-state index contributed by atoms with van der Waals surface area (Å²) in [5, 5.41) is 11.5. The minimum atomic E-state index is -0.0635. The Morgan fingerprint density at radius 1 is 1.47 bits per heavy atom. The van der Waals surface area contributed by atoms with Crippen LogP contribution in [-0.4, -0.2) is 17.1 Å². The third kappa shape index (κ3) is 3.66. The van der Waals surface area contributed by atoms with E-state index in [1.54, 1.807) is 0 Å². The number of nitrogens with two attached hydrogens (primary N) is 1. The van der Waals surface area contributed by atoms with E-state index < -0.39 is 0 Å². The molecule has 0 amide bonds. The van der Waals surface area contributed by atoms with Crippen LogP contribution in [0, 0.1) is 13.8 Å². The van der Waals surface area contributed by atoms with E-state index in [-0.39, 0.29) is 11.9 Å². The zero-order valence-electron chi connectivity index (χ0n) is 10.6. The van der Waals surface area contributed by atoms with Crippen LogP contribution < -0.4 is 10.5 Å². The van der Waals surface area contributed by atoms with Crippen LogP contribution in [0.4, 0.5) is 0 Å². The molecule has 0 aromatic heterocycles. The summed E-state index contributed by atoms with van der Waals surface area (Å²) in [5.41, 5.74) is 7.82. The van der Waals surface area contributed by atoms with Crippen molar-refractivity contribution in [2.45, 2.75) is 39.7 Å². The second-order valence-electron chi connectivity index (χ2n) is 4.14. The standard InChI is InChI=1S/C13H20N2O2/c1-4-11(8-13(14)15-16)17-12-7-5-6-9(2)10(12)3/h5-7,11,16H,4,8H2,1-3H3,(H2,14,15). The van der Waals surface area contributed by atoms with Gasteiger partial charge in [-0.1, -0.05) is 24.2 Å². The molecule has 17 heavy (non-hydrogen) atoms. The third-order valence-corrected chi connectivity index (χ3v) is 2.87. The van der Waals surface area contributed by atoms with E-state index in [0.717, 1.165) is 17.7 Å². The van der Waals surface area contributed by atoms with Crippen LogP contribution in [0.1, 0.15) is 30.9 Å². The fourth-order valence-electron chi connectivity index (χ4n) is 1.57. The van der Waals surface area contributed by atoms with Gasteiger partial charge in [0.25, 0.3) is 0 Å². The van der Waals surface area contributed by atoms with E-state index in [1.807, 2.05) is 39.0 Å². The van der Waals surface area contributed by atoms with Gasteiger partial charge in [-0.05, 0) is 37.5 Å². The van der Waals surface area contributed by atoms with E-state index in [1.165, 1.54) is 5.56 Å². The zero-order chi connectivity index (χ0) is 12.8. The number of oxime groups is 1. The van der Waals surface area contributed by atoms with Gasteiger partial charge in [0.15, 0.2) is 0 Å². The monoisotopic (exact) mass is 236 g/mol. The number of amidine groups is 1. The largest absolute Gasteiger partial charge is 0.490 e. The van der Waals surface area contributed by atoms with Gasteiger partial charge in [-0.25, -0.2) is 0 Å².